The maximum Gasteiger partial charge on any atom is 0.257 e. The molecule has 0 bridgehead atoms. The number of rotatable bonds is 9. The van der Waals surface area contributed by atoms with E-state index in [1.54, 1.807) is 36.4 Å². The van der Waals surface area contributed by atoms with Crippen LogP contribution in [0.4, 0.5) is 10.1 Å². The number of carbonyl (C=O) groups excluding carboxylic acids is 3. The lowest BCUT2D eigenvalue weighted by Crippen LogP contribution is -2.45. The molecule has 3 aromatic rings. The summed E-state index contributed by atoms with van der Waals surface area (Å²) >= 11 is 0. The highest BCUT2D eigenvalue weighted by Gasteiger charge is 2.44. The molecule has 0 spiro atoms. The molecule has 9 heteroatoms. The second-order valence-corrected chi connectivity index (χ2v) is 8.34. The lowest BCUT2D eigenvalue weighted by molar-refractivity contribution is -0.122. The average Bonchev–Trinajstić information content (AvgIpc) is 3.21. The van der Waals surface area contributed by atoms with Crippen LogP contribution in [0.25, 0.3) is 0 Å². The minimum atomic E-state index is -1.05. The number of methoxy groups -OCH3 is 2. The quantitative estimate of drug-likeness (QED) is 0.404. The lowest BCUT2D eigenvalue weighted by atomic mass is 10.1. The summed E-state index contributed by atoms with van der Waals surface area (Å²) in [6, 6.07) is 15.9. The number of nitrogens with zero attached hydrogens (tertiary/aromatic N) is 2. The topological polar surface area (TPSA) is 85.4 Å². The van der Waals surface area contributed by atoms with Gasteiger partial charge in [-0.3, -0.25) is 14.4 Å². The van der Waals surface area contributed by atoms with Crippen molar-refractivity contribution < 1.29 is 33.0 Å². The normalized spacial score (nSPS) is 15.0. The second kappa shape index (κ2) is 11.1. The molecule has 3 aromatic carbocycles. The Morgan fingerprint density at radius 2 is 1.65 bits per heavy atom. The summed E-state index contributed by atoms with van der Waals surface area (Å²) in [5.41, 5.74) is 1.25. The Balaban J connectivity index is 1.68. The predicted octanol–water partition coefficient (Wildman–Crippen LogP) is 4.22. The first-order valence-electron chi connectivity index (χ1n) is 11.7. The number of hydrogen-bond donors (Lipinski definition) is 0. The molecular weight excluding hydrogens is 479 g/mol. The standard InChI is InChI=1S/C28H27FN2O6/c1-4-37-22-12-10-21(11-13-22)31-26(32)16-23(28(31)34)30(17-18-5-8-20(29)9-6-18)27(33)19-7-14-24(35-2)25(15-19)36-3/h5-15,23H,4,16-17H2,1-3H3. The van der Waals surface area contributed by atoms with Gasteiger partial charge in [0, 0.05) is 12.1 Å². The largest absolute Gasteiger partial charge is 0.494 e. The van der Waals surface area contributed by atoms with Crippen molar-refractivity contribution in [1.82, 2.24) is 4.90 Å². The summed E-state index contributed by atoms with van der Waals surface area (Å²) in [6.45, 7) is 2.34. The first-order chi connectivity index (χ1) is 17.9. The maximum atomic E-state index is 13.7. The highest BCUT2D eigenvalue weighted by molar-refractivity contribution is 6.23. The average molecular weight is 507 g/mol. The zero-order valence-corrected chi connectivity index (χ0v) is 20.8. The van der Waals surface area contributed by atoms with Gasteiger partial charge in [0.25, 0.3) is 11.8 Å². The summed E-state index contributed by atoms with van der Waals surface area (Å²) in [4.78, 5) is 42.7. The van der Waals surface area contributed by atoms with E-state index in [-0.39, 0.29) is 18.5 Å². The Morgan fingerprint density at radius 1 is 0.973 bits per heavy atom. The van der Waals surface area contributed by atoms with Gasteiger partial charge in [-0.2, -0.15) is 0 Å². The Hall–Kier alpha value is -4.40. The molecule has 0 aromatic heterocycles. The van der Waals surface area contributed by atoms with Crippen LogP contribution in [-0.2, 0) is 16.1 Å². The van der Waals surface area contributed by atoms with Crippen molar-refractivity contribution in [3.63, 3.8) is 0 Å². The molecule has 3 amide bonds. The minimum absolute atomic E-state index is 0.00569. The van der Waals surface area contributed by atoms with E-state index >= 15 is 0 Å². The molecule has 0 aliphatic carbocycles. The molecule has 1 atom stereocenters. The van der Waals surface area contributed by atoms with Gasteiger partial charge in [0.15, 0.2) is 11.5 Å². The SMILES string of the molecule is CCOc1ccc(N2C(=O)CC(N(Cc3ccc(F)cc3)C(=O)c3ccc(OC)c(OC)c3)C2=O)cc1. The van der Waals surface area contributed by atoms with Crippen LogP contribution < -0.4 is 19.1 Å². The van der Waals surface area contributed by atoms with E-state index in [9.17, 15) is 18.8 Å². The van der Waals surface area contributed by atoms with Gasteiger partial charge in [0.05, 0.1) is 32.9 Å². The highest BCUT2D eigenvalue weighted by Crippen LogP contribution is 2.32. The van der Waals surface area contributed by atoms with Crippen LogP contribution in [0.15, 0.2) is 66.7 Å². The van der Waals surface area contributed by atoms with Crippen molar-refractivity contribution in [2.45, 2.75) is 25.9 Å². The summed E-state index contributed by atoms with van der Waals surface area (Å²) in [7, 11) is 2.94. The van der Waals surface area contributed by atoms with Crippen molar-refractivity contribution in [2.24, 2.45) is 0 Å². The molecule has 192 valence electrons. The van der Waals surface area contributed by atoms with Crippen LogP contribution in [0.2, 0.25) is 0 Å². The van der Waals surface area contributed by atoms with Crippen molar-refractivity contribution in [3.05, 3.63) is 83.7 Å². The third kappa shape index (κ3) is 5.40. The van der Waals surface area contributed by atoms with Gasteiger partial charge in [-0.05, 0) is 67.1 Å². The molecule has 1 aliphatic heterocycles. The van der Waals surface area contributed by atoms with Gasteiger partial charge >= 0.3 is 0 Å². The number of hydrogen-bond acceptors (Lipinski definition) is 6. The minimum Gasteiger partial charge on any atom is -0.494 e. The summed E-state index contributed by atoms with van der Waals surface area (Å²) in [5.74, 6) is -0.449. The number of imide groups is 1. The molecule has 37 heavy (non-hydrogen) atoms. The first kappa shape index (κ1) is 25.7. The van der Waals surface area contributed by atoms with E-state index in [1.165, 1.54) is 49.5 Å². The van der Waals surface area contributed by atoms with E-state index in [0.717, 1.165) is 4.90 Å². The third-order valence-corrected chi connectivity index (χ3v) is 6.06. The molecule has 8 nitrogen and oxygen atoms in total. The zero-order chi connectivity index (χ0) is 26.5. The van der Waals surface area contributed by atoms with E-state index in [2.05, 4.69) is 0 Å². The second-order valence-electron chi connectivity index (χ2n) is 8.34. The van der Waals surface area contributed by atoms with Crippen LogP contribution in [0.3, 0.4) is 0 Å². The van der Waals surface area contributed by atoms with Crippen LogP contribution in [0.5, 0.6) is 17.2 Å². The van der Waals surface area contributed by atoms with Crippen LogP contribution in [0.1, 0.15) is 29.3 Å². The Morgan fingerprint density at radius 3 is 2.27 bits per heavy atom. The van der Waals surface area contributed by atoms with Crippen molar-refractivity contribution in [2.75, 3.05) is 25.7 Å². The molecule has 0 radical (unpaired) electrons. The maximum absolute atomic E-state index is 13.7. The highest BCUT2D eigenvalue weighted by atomic mass is 19.1. The monoisotopic (exact) mass is 506 g/mol. The Labute approximate surface area is 214 Å². The van der Waals surface area contributed by atoms with E-state index in [1.807, 2.05) is 6.92 Å². The number of amides is 3. The van der Waals surface area contributed by atoms with Crippen LogP contribution >= 0.6 is 0 Å². The number of benzene rings is 3. The van der Waals surface area contributed by atoms with E-state index in [0.29, 0.717) is 35.1 Å². The fourth-order valence-electron chi connectivity index (χ4n) is 4.23. The molecule has 1 fully saturated rings. The van der Waals surface area contributed by atoms with Gasteiger partial charge < -0.3 is 19.1 Å². The summed E-state index contributed by atoms with van der Waals surface area (Å²) in [6.07, 6.45) is -0.188. The predicted molar refractivity (Wildman–Crippen MR) is 134 cm³/mol. The summed E-state index contributed by atoms with van der Waals surface area (Å²) in [5, 5.41) is 0. The molecule has 0 saturated carbocycles. The van der Waals surface area contributed by atoms with E-state index in [4.69, 9.17) is 14.2 Å². The summed E-state index contributed by atoms with van der Waals surface area (Å²) < 4.78 is 29.5. The zero-order valence-electron chi connectivity index (χ0n) is 20.8. The van der Waals surface area contributed by atoms with Crippen LogP contribution in [0, 0.1) is 5.82 Å². The fourth-order valence-corrected chi connectivity index (χ4v) is 4.23. The molecular formula is C28H27FN2O6. The number of ether oxygens (including phenoxy) is 3. The molecule has 4 rings (SSSR count). The Bertz CT molecular complexity index is 1290. The van der Waals surface area contributed by atoms with Gasteiger partial charge in [0.2, 0.25) is 5.91 Å². The van der Waals surface area contributed by atoms with Gasteiger partial charge in [0.1, 0.15) is 17.6 Å². The smallest absolute Gasteiger partial charge is 0.257 e. The number of carbonyl (C=O) groups is 3. The van der Waals surface area contributed by atoms with E-state index < -0.39 is 29.6 Å². The number of anilines is 1. The Kier molecular flexibility index (Phi) is 7.71. The third-order valence-electron chi connectivity index (χ3n) is 6.06. The van der Waals surface area contributed by atoms with Gasteiger partial charge in [-0.25, -0.2) is 9.29 Å². The molecule has 1 saturated heterocycles. The molecule has 1 unspecified atom stereocenters. The van der Waals surface area contributed by atoms with Gasteiger partial charge in [-0.1, -0.05) is 12.1 Å². The molecule has 1 heterocycles. The van der Waals surface area contributed by atoms with Crippen LogP contribution in [-0.4, -0.2) is 49.5 Å². The van der Waals surface area contributed by atoms with Crippen molar-refractivity contribution in [3.8, 4) is 17.2 Å². The molecule has 0 N–H and O–H groups in total. The van der Waals surface area contributed by atoms with Gasteiger partial charge in [-0.15, -0.1) is 0 Å². The first-order valence-corrected chi connectivity index (χ1v) is 11.7. The number of halogens is 1. The lowest BCUT2D eigenvalue weighted by Gasteiger charge is -2.28. The molecule has 1 aliphatic rings. The van der Waals surface area contributed by atoms with Crippen molar-refractivity contribution >= 4 is 23.4 Å². The fraction of sp³-hybridized carbons (Fsp3) is 0.250. The van der Waals surface area contributed by atoms with Crippen molar-refractivity contribution in [1.29, 1.82) is 0 Å².